The lowest BCUT2D eigenvalue weighted by atomic mass is 9.70. The van der Waals surface area contributed by atoms with Gasteiger partial charge < -0.3 is 20.1 Å². The van der Waals surface area contributed by atoms with Gasteiger partial charge in [0, 0.05) is 17.6 Å². The molecule has 39 heavy (non-hydrogen) atoms. The minimum absolute atomic E-state index is 0.0166. The first kappa shape index (κ1) is 32.5. The van der Waals surface area contributed by atoms with Crippen molar-refractivity contribution in [2.24, 2.45) is 0 Å². The number of rotatable bonds is 10. The van der Waals surface area contributed by atoms with E-state index in [2.05, 4.69) is 0 Å². The zero-order valence-corrected chi connectivity index (χ0v) is 22.3. The average molecular weight is 561 g/mol. The molecule has 0 amide bonds. The molecule has 0 aliphatic heterocycles. The maximum Gasteiger partial charge on any atom is 0.438 e. The summed E-state index contributed by atoms with van der Waals surface area (Å²) in [5.41, 5.74) is -2.77. The standard InChI is InChI=1S/C29H34F6O4/c1-5-26(6-2,23-11-12-25(20(4)17-23)39-18-24(37)8-7-15-36)22-10-9-21(19(3)16-22)13-14-27(38,28(30,31)32)29(33,34)35/h9-12,16-17,24,36-38H,5-8,15,18H2,1-4H3/t24-/m1/s1. The zero-order chi connectivity index (χ0) is 29.6. The second kappa shape index (κ2) is 12.6. The first-order valence-corrected chi connectivity index (χ1v) is 12.6. The molecule has 0 aliphatic rings. The van der Waals surface area contributed by atoms with Crippen LogP contribution in [0.2, 0.25) is 0 Å². The molecule has 10 heteroatoms. The Bertz CT molecular complexity index is 1160. The Kier molecular flexibility index (Phi) is 10.5. The molecule has 0 saturated heterocycles. The molecule has 0 aliphatic carbocycles. The molecular weight excluding hydrogens is 526 g/mol. The van der Waals surface area contributed by atoms with Crippen molar-refractivity contribution >= 4 is 0 Å². The Morgan fingerprint density at radius 1 is 0.872 bits per heavy atom. The van der Waals surface area contributed by atoms with Crippen LogP contribution in [0.25, 0.3) is 0 Å². The molecule has 0 aromatic heterocycles. The Labute approximate surface area is 224 Å². The monoisotopic (exact) mass is 560 g/mol. The van der Waals surface area contributed by atoms with Crippen LogP contribution >= 0.6 is 0 Å². The number of aryl methyl sites for hydroxylation is 2. The smallest absolute Gasteiger partial charge is 0.438 e. The molecule has 0 bridgehead atoms. The van der Waals surface area contributed by atoms with Crippen molar-refractivity contribution in [3.63, 3.8) is 0 Å². The number of benzene rings is 2. The first-order chi connectivity index (χ1) is 18.1. The maximum atomic E-state index is 13.0. The first-order valence-electron chi connectivity index (χ1n) is 12.6. The molecule has 0 spiro atoms. The van der Waals surface area contributed by atoms with Crippen LogP contribution in [0.5, 0.6) is 5.75 Å². The fourth-order valence-electron chi connectivity index (χ4n) is 4.50. The summed E-state index contributed by atoms with van der Waals surface area (Å²) in [6.45, 7) is 7.42. The van der Waals surface area contributed by atoms with E-state index in [-0.39, 0.29) is 18.8 Å². The second-order valence-corrected chi connectivity index (χ2v) is 9.59. The summed E-state index contributed by atoms with van der Waals surface area (Å²) in [5, 5.41) is 28.2. The summed E-state index contributed by atoms with van der Waals surface area (Å²) >= 11 is 0. The van der Waals surface area contributed by atoms with Crippen molar-refractivity contribution in [3.8, 4) is 17.6 Å². The van der Waals surface area contributed by atoms with E-state index in [4.69, 9.17) is 9.84 Å². The van der Waals surface area contributed by atoms with E-state index in [1.807, 2.05) is 38.8 Å². The van der Waals surface area contributed by atoms with Gasteiger partial charge in [-0.2, -0.15) is 26.3 Å². The molecule has 0 unspecified atom stereocenters. The van der Waals surface area contributed by atoms with Crippen molar-refractivity contribution in [1.82, 2.24) is 0 Å². The van der Waals surface area contributed by atoms with Gasteiger partial charge in [0.25, 0.3) is 0 Å². The molecule has 0 radical (unpaired) electrons. The number of halogens is 6. The van der Waals surface area contributed by atoms with E-state index in [9.17, 15) is 36.6 Å². The van der Waals surface area contributed by atoms with E-state index in [0.29, 0.717) is 37.0 Å². The summed E-state index contributed by atoms with van der Waals surface area (Å²) in [6.07, 6.45) is -10.6. The van der Waals surface area contributed by atoms with Crippen LogP contribution in [-0.4, -0.2) is 52.6 Å². The van der Waals surface area contributed by atoms with Crippen LogP contribution in [0.3, 0.4) is 0 Å². The molecular formula is C29H34F6O4. The van der Waals surface area contributed by atoms with Crippen molar-refractivity contribution < 1.29 is 46.4 Å². The van der Waals surface area contributed by atoms with Crippen LogP contribution < -0.4 is 4.74 Å². The molecule has 2 aromatic carbocycles. The summed E-state index contributed by atoms with van der Waals surface area (Å²) in [6, 6.07) is 10.3. The number of ether oxygens (including phenoxy) is 1. The van der Waals surface area contributed by atoms with Crippen LogP contribution in [0, 0.1) is 25.7 Å². The van der Waals surface area contributed by atoms with Crippen molar-refractivity contribution in [2.75, 3.05) is 13.2 Å². The van der Waals surface area contributed by atoms with Gasteiger partial charge >= 0.3 is 18.0 Å². The summed E-state index contributed by atoms with van der Waals surface area (Å²) < 4.78 is 83.7. The third-order valence-electron chi connectivity index (χ3n) is 7.04. The number of alkyl halides is 6. The molecule has 0 fully saturated rings. The largest absolute Gasteiger partial charge is 0.491 e. The highest BCUT2D eigenvalue weighted by molar-refractivity contribution is 5.50. The lowest BCUT2D eigenvalue weighted by Crippen LogP contribution is -2.55. The number of aliphatic hydroxyl groups excluding tert-OH is 2. The van der Waals surface area contributed by atoms with Crippen LogP contribution in [0.4, 0.5) is 26.3 Å². The van der Waals surface area contributed by atoms with E-state index < -0.39 is 29.5 Å². The second-order valence-electron chi connectivity index (χ2n) is 9.59. The summed E-state index contributed by atoms with van der Waals surface area (Å²) in [7, 11) is 0. The Morgan fingerprint density at radius 2 is 1.41 bits per heavy atom. The normalized spacial score (nSPS) is 13.6. The lowest BCUT2D eigenvalue weighted by Gasteiger charge is -2.34. The van der Waals surface area contributed by atoms with E-state index >= 15 is 0 Å². The Morgan fingerprint density at radius 3 is 1.87 bits per heavy atom. The van der Waals surface area contributed by atoms with Gasteiger partial charge in [0.15, 0.2) is 0 Å². The zero-order valence-electron chi connectivity index (χ0n) is 22.3. The Balaban J connectivity index is 2.43. The number of aliphatic hydroxyl groups is 3. The molecule has 3 N–H and O–H groups in total. The van der Waals surface area contributed by atoms with E-state index in [0.717, 1.165) is 22.6 Å². The summed E-state index contributed by atoms with van der Waals surface area (Å²) in [4.78, 5) is 0. The maximum absolute atomic E-state index is 13.0. The highest BCUT2D eigenvalue weighted by atomic mass is 19.4. The van der Waals surface area contributed by atoms with Crippen molar-refractivity contribution in [1.29, 1.82) is 0 Å². The fourth-order valence-corrected chi connectivity index (χ4v) is 4.50. The Hall–Kier alpha value is -2.74. The molecule has 216 valence electrons. The van der Waals surface area contributed by atoms with E-state index in [1.54, 1.807) is 18.2 Å². The van der Waals surface area contributed by atoms with Gasteiger partial charge in [-0.15, -0.1) is 0 Å². The van der Waals surface area contributed by atoms with Crippen molar-refractivity contribution in [2.45, 2.75) is 82.9 Å². The molecule has 0 saturated carbocycles. The third-order valence-corrected chi connectivity index (χ3v) is 7.04. The molecule has 0 heterocycles. The third kappa shape index (κ3) is 7.07. The van der Waals surface area contributed by atoms with Gasteiger partial charge in [0.2, 0.25) is 0 Å². The lowest BCUT2D eigenvalue weighted by molar-refractivity contribution is -0.343. The minimum atomic E-state index is -6.02. The van der Waals surface area contributed by atoms with E-state index in [1.165, 1.54) is 13.0 Å². The van der Waals surface area contributed by atoms with Gasteiger partial charge in [-0.25, -0.2) is 0 Å². The molecule has 4 nitrogen and oxygen atoms in total. The van der Waals surface area contributed by atoms with Gasteiger partial charge in [-0.1, -0.05) is 44.0 Å². The van der Waals surface area contributed by atoms with Gasteiger partial charge in [0.05, 0.1) is 6.10 Å². The molecule has 1 atom stereocenters. The predicted molar refractivity (Wildman–Crippen MR) is 135 cm³/mol. The molecule has 2 rings (SSSR count). The van der Waals surface area contributed by atoms with Gasteiger partial charge in [-0.05, 0) is 79.8 Å². The number of hydrogen-bond donors (Lipinski definition) is 3. The quantitative estimate of drug-likeness (QED) is 0.242. The highest BCUT2D eigenvalue weighted by Crippen LogP contribution is 2.43. The topological polar surface area (TPSA) is 69.9 Å². The summed E-state index contributed by atoms with van der Waals surface area (Å²) in [5.74, 6) is 3.48. The van der Waals surface area contributed by atoms with Crippen LogP contribution in [-0.2, 0) is 5.41 Å². The van der Waals surface area contributed by atoms with Gasteiger partial charge in [0.1, 0.15) is 12.4 Å². The van der Waals surface area contributed by atoms with Gasteiger partial charge in [-0.3, -0.25) is 0 Å². The fraction of sp³-hybridized carbons (Fsp3) is 0.517. The van der Waals surface area contributed by atoms with Crippen LogP contribution in [0.15, 0.2) is 36.4 Å². The molecule has 2 aromatic rings. The predicted octanol–water partition coefficient (Wildman–Crippen LogP) is 6.13. The highest BCUT2D eigenvalue weighted by Gasteiger charge is 2.70. The SMILES string of the molecule is CCC(CC)(c1ccc(C#CC(O)(C(F)(F)F)C(F)(F)F)c(C)c1)c1ccc(OC[C@H](O)CCCO)c(C)c1. The van der Waals surface area contributed by atoms with Crippen LogP contribution in [0.1, 0.15) is 67.3 Å². The number of hydrogen-bond acceptors (Lipinski definition) is 4. The van der Waals surface area contributed by atoms with Crippen molar-refractivity contribution in [3.05, 3.63) is 64.2 Å². The average Bonchev–Trinajstić information content (AvgIpc) is 2.86. The minimum Gasteiger partial charge on any atom is -0.491 e.